The Hall–Kier alpha value is -1.09. The molecule has 0 aromatic carbocycles. The van der Waals surface area contributed by atoms with Crippen LogP contribution in [-0.2, 0) is 4.79 Å². The van der Waals surface area contributed by atoms with E-state index in [1.165, 1.54) is 0 Å². The molecule has 3 nitrogen and oxygen atoms in total. The zero-order valence-corrected chi connectivity index (χ0v) is 7.82. The SMILES string of the molecule is CN(C)c1ccccn1.O=CCl. The molecular formula is C8H11ClN2O. The average Bonchev–Trinajstić information content (AvgIpc) is 2.07. The van der Waals surface area contributed by atoms with Crippen molar-refractivity contribution in [1.29, 1.82) is 0 Å². The Morgan fingerprint density at radius 3 is 2.33 bits per heavy atom. The van der Waals surface area contributed by atoms with Crippen LogP contribution >= 0.6 is 11.6 Å². The number of carbonyl (C=O) groups is 1. The van der Waals surface area contributed by atoms with Crippen LogP contribution in [0.15, 0.2) is 24.4 Å². The van der Waals surface area contributed by atoms with Gasteiger partial charge in [-0.25, -0.2) is 4.98 Å². The molecule has 66 valence electrons. The van der Waals surface area contributed by atoms with Gasteiger partial charge in [0.1, 0.15) is 5.82 Å². The standard InChI is InChI=1S/C7H10N2.CHClO/c1-9(2)7-5-3-4-6-8-7;2-1-3/h3-6H,1-2H3;1H. The van der Waals surface area contributed by atoms with Crippen molar-refractivity contribution in [3.63, 3.8) is 0 Å². The molecule has 0 aliphatic carbocycles. The lowest BCUT2D eigenvalue weighted by molar-refractivity contribution is 0.569. The van der Waals surface area contributed by atoms with Gasteiger partial charge in [-0.1, -0.05) is 6.07 Å². The van der Waals surface area contributed by atoms with E-state index in [9.17, 15) is 0 Å². The van der Waals surface area contributed by atoms with Gasteiger partial charge in [-0.15, -0.1) is 0 Å². The van der Waals surface area contributed by atoms with Crippen LogP contribution in [0.4, 0.5) is 5.82 Å². The second kappa shape index (κ2) is 6.61. The third-order valence-electron chi connectivity index (χ3n) is 1.11. The first-order valence-corrected chi connectivity index (χ1v) is 3.78. The Labute approximate surface area is 77.0 Å². The highest BCUT2D eigenvalue weighted by Gasteiger charge is 1.89. The van der Waals surface area contributed by atoms with E-state index in [1.807, 2.05) is 37.2 Å². The summed E-state index contributed by atoms with van der Waals surface area (Å²) < 4.78 is 0. The quantitative estimate of drug-likeness (QED) is 0.493. The maximum atomic E-state index is 8.57. The Bertz CT molecular complexity index is 214. The molecule has 0 radical (unpaired) electrons. The van der Waals surface area contributed by atoms with E-state index in [2.05, 4.69) is 16.6 Å². The Morgan fingerprint density at radius 2 is 2.08 bits per heavy atom. The molecule has 0 saturated heterocycles. The number of rotatable bonds is 1. The molecular weight excluding hydrogens is 176 g/mol. The van der Waals surface area contributed by atoms with E-state index in [4.69, 9.17) is 4.79 Å². The third kappa shape index (κ3) is 4.68. The maximum Gasteiger partial charge on any atom is 0.208 e. The molecule has 0 fully saturated rings. The Morgan fingerprint density at radius 1 is 1.50 bits per heavy atom. The van der Waals surface area contributed by atoms with E-state index in [-0.39, 0.29) is 5.75 Å². The molecule has 0 amide bonds. The van der Waals surface area contributed by atoms with Gasteiger partial charge < -0.3 is 4.90 Å². The lowest BCUT2D eigenvalue weighted by Crippen LogP contribution is -2.09. The van der Waals surface area contributed by atoms with Gasteiger partial charge in [0.25, 0.3) is 0 Å². The smallest absolute Gasteiger partial charge is 0.208 e. The minimum absolute atomic E-state index is 0.222. The maximum absolute atomic E-state index is 8.57. The fourth-order valence-corrected chi connectivity index (χ4v) is 0.618. The summed E-state index contributed by atoms with van der Waals surface area (Å²) in [6.45, 7) is 0. The van der Waals surface area contributed by atoms with Crippen LogP contribution in [0.3, 0.4) is 0 Å². The fraction of sp³-hybridized carbons (Fsp3) is 0.250. The number of nitrogens with zero attached hydrogens (tertiary/aromatic N) is 2. The summed E-state index contributed by atoms with van der Waals surface area (Å²) in [5, 5.41) is 0. The van der Waals surface area contributed by atoms with Crippen LogP contribution in [-0.4, -0.2) is 24.8 Å². The molecule has 12 heavy (non-hydrogen) atoms. The van der Waals surface area contributed by atoms with Gasteiger partial charge in [-0.2, -0.15) is 0 Å². The van der Waals surface area contributed by atoms with Gasteiger partial charge in [0.05, 0.1) is 0 Å². The molecule has 0 unspecified atom stereocenters. The lowest BCUT2D eigenvalue weighted by Gasteiger charge is -2.08. The second-order valence-electron chi connectivity index (χ2n) is 2.17. The normalized spacial score (nSPS) is 7.92. The highest BCUT2D eigenvalue weighted by molar-refractivity contribution is 6.54. The molecule has 0 aliphatic rings. The topological polar surface area (TPSA) is 33.2 Å². The number of hydrogen-bond donors (Lipinski definition) is 0. The van der Waals surface area contributed by atoms with E-state index < -0.39 is 0 Å². The summed E-state index contributed by atoms with van der Waals surface area (Å²) in [6, 6.07) is 5.86. The summed E-state index contributed by atoms with van der Waals surface area (Å²) in [5.41, 5.74) is 0. The second-order valence-corrected chi connectivity index (χ2v) is 2.35. The Kier molecular flexibility index (Phi) is 6.01. The molecule has 1 aromatic rings. The molecule has 0 bridgehead atoms. The summed E-state index contributed by atoms with van der Waals surface area (Å²) in [4.78, 5) is 14.6. The molecule has 1 rings (SSSR count). The zero-order chi connectivity index (χ0) is 9.40. The first-order valence-electron chi connectivity index (χ1n) is 3.34. The molecule has 0 spiro atoms. The number of aromatic nitrogens is 1. The third-order valence-corrected chi connectivity index (χ3v) is 1.11. The molecule has 0 N–H and O–H groups in total. The van der Waals surface area contributed by atoms with Crippen molar-refractivity contribution in [2.24, 2.45) is 0 Å². The largest absolute Gasteiger partial charge is 0.363 e. The fourth-order valence-electron chi connectivity index (χ4n) is 0.618. The summed E-state index contributed by atoms with van der Waals surface area (Å²) >= 11 is 4.32. The van der Waals surface area contributed by atoms with Gasteiger partial charge in [0.15, 0.2) is 0 Å². The highest BCUT2D eigenvalue weighted by Crippen LogP contribution is 2.02. The van der Waals surface area contributed by atoms with Crippen LogP contribution < -0.4 is 4.90 Å². The monoisotopic (exact) mass is 186 g/mol. The minimum Gasteiger partial charge on any atom is -0.363 e. The van der Waals surface area contributed by atoms with Crippen molar-refractivity contribution in [3.05, 3.63) is 24.4 Å². The van der Waals surface area contributed by atoms with E-state index >= 15 is 0 Å². The van der Waals surface area contributed by atoms with Crippen molar-refractivity contribution in [1.82, 2.24) is 4.98 Å². The zero-order valence-electron chi connectivity index (χ0n) is 7.07. The van der Waals surface area contributed by atoms with Gasteiger partial charge >= 0.3 is 0 Å². The Balaban J connectivity index is 0.000000354. The summed E-state index contributed by atoms with van der Waals surface area (Å²) in [7, 11) is 3.95. The van der Waals surface area contributed by atoms with Crippen molar-refractivity contribution in [3.8, 4) is 0 Å². The number of hydrogen-bond acceptors (Lipinski definition) is 3. The van der Waals surface area contributed by atoms with Gasteiger partial charge in [-0.05, 0) is 23.7 Å². The molecule has 4 heteroatoms. The molecule has 1 heterocycles. The predicted molar refractivity (Wildman–Crippen MR) is 51.2 cm³/mol. The van der Waals surface area contributed by atoms with E-state index in [0.717, 1.165) is 5.82 Å². The number of anilines is 1. The number of pyridine rings is 1. The molecule has 0 saturated carbocycles. The predicted octanol–water partition coefficient (Wildman–Crippen LogP) is 1.56. The van der Waals surface area contributed by atoms with Crippen LogP contribution in [0.1, 0.15) is 0 Å². The van der Waals surface area contributed by atoms with Crippen molar-refractivity contribution in [2.75, 3.05) is 19.0 Å². The molecule has 1 aromatic heterocycles. The van der Waals surface area contributed by atoms with Crippen LogP contribution in [0, 0.1) is 0 Å². The van der Waals surface area contributed by atoms with Crippen LogP contribution in [0.25, 0.3) is 0 Å². The van der Waals surface area contributed by atoms with Crippen molar-refractivity contribution >= 4 is 23.2 Å². The highest BCUT2D eigenvalue weighted by atomic mass is 35.5. The number of carbonyl (C=O) groups excluding carboxylic acids is 1. The van der Waals surface area contributed by atoms with Gasteiger partial charge in [-0.3, -0.25) is 4.79 Å². The summed E-state index contributed by atoms with van der Waals surface area (Å²) in [5.74, 6) is 1.22. The van der Waals surface area contributed by atoms with Crippen LogP contribution in [0.2, 0.25) is 0 Å². The first-order chi connectivity index (χ1) is 5.72. The molecule has 0 atom stereocenters. The molecule has 0 aliphatic heterocycles. The van der Waals surface area contributed by atoms with Crippen molar-refractivity contribution in [2.45, 2.75) is 0 Å². The lowest BCUT2D eigenvalue weighted by atomic mass is 10.4. The first kappa shape index (κ1) is 10.9. The minimum atomic E-state index is 0.222. The average molecular weight is 187 g/mol. The van der Waals surface area contributed by atoms with Gasteiger partial charge in [0, 0.05) is 20.3 Å². The number of halogens is 1. The van der Waals surface area contributed by atoms with E-state index in [1.54, 1.807) is 6.20 Å². The summed E-state index contributed by atoms with van der Waals surface area (Å²) in [6.07, 6.45) is 1.79. The van der Waals surface area contributed by atoms with E-state index in [0.29, 0.717) is 0 Å². The van der Waals surface area contributed by atoms with Crippen molar-refractivity contribution < 1.29 is 4.79 Å². The van der Waals surface area contributed by atoms with Gasteiger partial charge in [0.2, 0.25) is 5.75 Å². The van der Waals surface area contributed by atoms with Crippen LogP contribution in [0.5, 0.6) is 0 Å².